The molecule has 5 nitrogen and oxygen atoms in total. The Labute approximate surface area is 105 Å². The molecular weight excluding hydrogens is 250 g/mol. The molecule has 0 spiro atoms. The SMILES string of the molecule is Cc1c(C#N)ccc2c1C(=N)N(C1CC1)S2(=O)=O. The van der Waals surface area contributed by atoms with Crippen molar-refractivity contribution in [2.24, 2.45) is 0 Å². The van der Waals surface area contributed by atoms with E-state index < -0.39 is 10.0 Å². The zero-order chi connectivity index (χ0) is 13.1. The summed E-state index contributed by atoms with van der Waals surface area (Å²) in [6.07, 6.45) is 1.61. The lowest BCUT2D eigenvalue weighted by Gasteiger charge is -2.15. The van der Waals surface area contributed by atoms with Gasteiger partial charge in [0.15, 0.2) is 0 Å². The number of amidine groups is 1. The average molecular weight is 261 g/mol. The van der Waals surface area contributed by atoms with Crippen LogP contribution in [0, 0.1) is 23.7 Å². The van der Waals surface area contributed by atoms with Crippen molar-refractivity contribution in [1.29, 1.82) is 10.7 Å². The molecule has 1 N–H and O–H groups in total. The number of nitriles is 1. The Morgan fingerprint density at radius 1 is 1.44 bits per heavy atom. The Kier molecular flexibility index (Phi) is 2.08. The molecule has 3 rings (SSSR count). The van der Waals surface area contributed by atoms with Gasteiger partial charge in [0.1, 0.15) is 5.84 Å². The van der Waals surface area contributed by atoms with E-state index in [1.807, 2.05) is 6.07 Å². The van der Waals surface area contributed by atoms with Gasteiger partial charge in [-0.05, 0) is 37.5 Å². The highest BCUT2D eigenvalue weighted by Gasteiger charge is 2.47. The van der Waals surface area contributed by atoms with Gasteiger partial charge < -0.3 is 0 Å². The zero-order valence-electron chi connectivity index (χ0n) is 9.77. The maximum atomic E-state index is 12.3. The molecule has 0 bridgehead atoms. The lowest BCUT2D eigenvalue weighted by Crippen LogP contribution is -2.32. The molecule has 6 heteroatoms. The smallest absolute Gasteiger partial charge is 0.266 e. The summed E-state index contributed by atoms with van der Waals surface area (Å²) in [5.74, 6) is 0.0158. The molecule has 0 unspecified atom stereocenters. The van der Waals surface area contributed by atoms with Gasteiger partial charge in [-0.1, -0.05) is 0 Å². The fourth-order valence-electron chi connectivity index (χ4n) is 2.34. The molecule has 1 aliphatic carbocycles. The summed E-state index contributed by atoms with van der Waals surface area (Å²) in [6.45, 7) is 1.69. The summed E-state index contributed by atoms with van der Waals surface area (Å²) in [4.78, 5) is 0.163. The van der Waals surface area contributed by atoms with Crippen molar-refractivity contribution in [3.8, 4) is 6.07 Å². The highest BCUT2D eigenvalue weighted by molar-refractivity contribution is 7.90. The molecule has 0 amide bonds. The van der Waals surface area contributed by atoms with E-state index in [0.717, 1.165) is 12.8 Å². The van der Waals surface area contributed by atoms with Crippen LogP contribution in [0.4, 0.5) is 0 Å². The van der Waals surface area contributed by atoms with Crippen LogP contribution in [0.1, 0.15) is 29.5 Å². The fourth-order valence-corrected chi connectivity index (χ4v) is 4.24. The third-order valence-electron chi connectivity index (χ3n) is 3.42. The molecule has 1 aromatic rings. The molecule has 0 saturated heterocycles. The van der Waals surface area contributed by atoms with Gasteiger partial charge in [-0.3, -0.25) is 5.41 Å². The monoisotopic (exact) mass is 261 g/mol. The highest BCUT2D eigenvalue weighted by Crippen LogP contribution is 2.40. The fraction of sp³-hybridized carbons (Fsp3) is 0.333. The van der Waals surface area contributed by atoms with Gasteiger partial charge in [0.25, 0.3) is 10.0 Å². The molecule has 1 fully saturated rings. The second kappa shape index (κ2) is 3.33. The van der Waals surface area contributed by atoms with E-state index in [-0.39, 0.29) is 16.8 Å². The topological polar surface area (TPSA) is 85.0 Å². The third kappa shape index (κ3) is 1.25. The first-order valence-corrected chi connectivity index (χ1v) is 7.09. The first-order chi connectivity index (χ1) is 8.48. The standard InChI is InChI=1S/C12H11N3O2S/c1-7-8(6-13)2-5-10-11(7)12(14)15(9-3-4-9)18(10,16)17/h2,5,9,14H,3-4H2,1H3. The van der Waals surface area contributed by atoms with Gasteiger partial charge in [-0.2, -0.15) is 5.26 Å². The van der Waals surface area contributed by atoms with E-state index in [9.17, 15) is 8.42 Å². The van der Waals surface area contributed by atoms with E-state index in [1.165, 1.54) is 16.4 Å². The lowest BCUT2D eigenvalue weighted by molar-refractivity contribution is 0.525. The first kappa shape index (κ1) is 11.2. The summed E-state index contributed by atoms with van der Waals surface area (Å²) in [5, 5.41) is 17.0. The molecule has 1 aliphatic heterocycles. The van der Waals surface area contributed by atoms with Crippen LogP contribution in [-0.4, -0.2) is 24.6 Å². The summed E-state index contributed by atoms with van der Waals surface area (Å²) >= 11 is 0. The minimum atomic E-state index is -3.58. The van der Waals surface area contributed by atoms with E-state index in [1.54, 1.807) is 6.92 Å². The Hall–Kier alpha value is -1.87. The highest BCUT2D eigenvalue weighted by atomic mass is 32.2. The molecule has 0 radical (unpaired) electrons. The van der Waals surface area contributed by atoms with Crippen LogP contribution >= 0.6 is 0 Å². The van der Waals surface area contributed by atoms with Crippen molar-refractivity contribution in [2.45, 2.75) is 30.7 Å². The number of hydrogen-bond donors (Lipinski definition) is 1. The number of nitrogens with one attached hydrogen (secondary N) is 1. The van der Waals surface area contributed by atoms with Crippen LogP contribution in [0.5, 0.6) is 0 Å². The van der Waals surface area contributed by atoms with Gasteiger partial charge in [-0.15, -0.1) is 0 Å². The average Bonchev–Trinajstić information content (AvgIpc) is 3.09. The molecule has 1 heterocycles. The quantitative estimate of drug-likeness (QED) is 0.828. The van der Waals surface area contributed by atoms with Crippen molar-refractivity contribution in [3.05, 3.63) is 28.8 Å². The molecule has 18 heavy (non-hydrogen) atoms. The lowest BCUT2D eigenvalue weighted by atomic mass is 10.0. The minimum absolute atomic E-state index is 0.0158. The Morgan fingerprint density at radius 2 is 2.11 bits per heavy atom. The van der Waals surface area contributed by atoms with Gasteiger partial charge in [-0.25, -0.2) is 12.7 Å². The van der Waals surface area contributed by atoms with Crippen molar-refractivity contribution in [3.63, 3.8) is 0 Å². The molecule has 92 valence electrons. The number of nitrogens with zero attached hydrogens (tertiary/aromatic N) is 2. The van der Waals surface area contributed by atoms with Crippen LogP contribution in [-0.2, 0) is 10.0 Å². The molecular formula is C12H11N3O2S. The predicted molar refractivity (Wildman–Crippen MR) is 64.8 cm³/mol. The number of hydrogen-bond acceptors (Lipinski definition) is 4. The van der Waals surface area contributed by atoms with Crippen LogP contribution in [0.15, 0.2) is 17.0 Å². The van der Waals surface area contributed by atoms with Gasteiger partial charge >= 0.3 is 0 Å². The summed E-state index contributed by atoms with van der Waals surface area (Å²) in [5.41, 5.74) is 1.39. The first-order valence-electron chi connectivity index (χ1n) is 5.65. The van der Waals surface area contributed by atoms with Gasteiger partial charge in [0, 0.05) is 11.6 Å². The summed E-state index contributed by atoms with van der Waals surface area (Å²) < 4.78 is 25.9. The minimum Gasteiger partial charge on any atom is -0.283 e. The summed E-state index contributed by atoms with van der Waals surface area (Å²) in [6, 6.07) is 4.90. The normalized spacial score (nSPS) is 20.7. The van der Waals surface area contributed by atoms with E-state index in [0.29, 0.717) is 16.7 Å². The number of rotatable bonds is 1. The van der Waals surface area contributed by atoms with Crippen LogP contribution < -0.4 is 0 Å². The predicted octanol–water partition coefficient (Wildman–Crippen LogP) is 1.36. The Morgan fingerprint density at radius 3 is 2.67 bits per heavy atom. The van der Waals surface area contributed by atoms with Gasteiger partial charge in [0.2, 0.25) is 0 Å². The number of benzene rings is 1. The maximum absolute atomic E-state index is 12.3. The van der Waals surface area contributed by atoms with Crippen molar-refractivity contribution >= 4 is 15.9 Å². The van der Waals surface area contributed by atoms with Crippen LogP contribution in [0.25, 0.3) is 0 Å². The van der Waals surface area contributed by atoms with Crippen LogP contribution in [0.3, 0.4) is 0 Å². The number of fused-ring (bicyclic) bond motifs is 1. The second-order valence-electron chi connectivity index (χ2n) is 4.60. The Bertz CT molecular complexity index is 712. The zero-order valence-corrected chi connectivity index (χ0v) is 10.6. The Balaban J connectivity index is 2.30. The van der Waals surface area contributed by atoms with Crippen molar-refractivity contribution in [1.82, 2.24) is 4.31 Å². The van der Waals surface area contributed by atoms with E-state index in [4.69, 9.17) is 10.7 Å². The van der Waals surface area contributed by atoms with Gasteiger partial charge in [0.05, 0.1) is 16.5 Å². The third-order valence-corrected chi connectivity index (χ3v) is 5.31. The maximum Gasteiger partial charge on any atom is 0.266 e. The van der Waals surface area contributed by atoms with Crippen molar-refractivity contribution < 1.29 is 8.42 Å². The molecule has 0 aromatic heterocycles. The molecule has 1 saturated carbocycles. The second-order valence-corrected chi connectivity index (χ2v) is 6.39. The van der Waals surface area contributed by atoms with E-state index in [2.05, 4.69) is 0 Å². The van der Waals surface area contributed by atoms with Crippen molar-refractivity contribution in [2.75, 3.05) is 0 Å². The number of sulfonamides is 1. The van der Waals surface area contributed by atoms with Crippen LogP contribution in [0.2, 0.25) is 0 Å². The molecule has 0 atom stereocenters. The summed E-state index contributed by atoms with van der Waals surface area (Å²) in [7, 11) is -3.58. The molecule has 1 aromatic carbocycles. The van der Waals surface area contributed by atoms with E-state index >= 15 is 0 Å². The molecule has 2 aliphatic rings. The largest absolute Gasteiger partial charge is 0.283 e.